The molecule has 4 nitrogen and oxygen atoms in total. The summed E-state index contributed by atoms with van der Waals surface area (Å²) < 4.78 is 0. The maximum atomic E-state index is 13.1. The zero-order chi connectivity index (χ0) is 39.6. The second kappa shape index (κ2) is 17.1. The van der Waals surface area contributed by atoms with Gasteiger partial charge in [-0.1, -0.05) is 206 Å². The maximum Gasteiger partial charge on any atom is 0.248 e. The van der Waals surface area contributed by atoms with Crippen LogP contribution in [0.1, 0.15) is 44.5 Å². The van der Waals surface area contributed by atoms with Crippen LogP contribution in [0.2, 0.25) is 0 Å². The number of nitrogens with one attached hydrogen (secondary N) is 2. The number of hydrogen-bond donors (Lipinski definition) is 2. The predicted octanol–water partition coefficient (Wildman–Crippen LogP) is 11.6. The van der Waals surface area contributed by atoms with Gasteiger partial charge in [-0.25, -0.2) is 0 Å². The first-order valence-electron chi connectivity index (χ1n) is 19.4. The highest BCUT2D eigenvalue weighted by Gasteiger charge is 2.39. The van der Waals surface area contributed by atoms with Crippen LogP contribution < -0.4 is 10.6 Å². The van der Waals surface area contributed by atoms with E-state index in [0.29, 0.717) is 11.4 Å². The van der Waals surface area contributed by atoms with E-state index in [4.69, 9.17) is 0 Å². The van der Waals surface area contributed by atoms with Crippen molar-refractivity contribution in [3.63, 3.8) is 0 Å². The van der Waals surface area contributed by atoms with Gasteiger partial charge in [0.05, 0.1) is 10.8 Å². The largest absolute Gasteiger partial charge is 0.323 e. The average Bonchev–Trinajstić information content (AvgIpc) is 3.29. The van der Waals surface area contributed by atoms with Crippen molar-refractivity contribution in [2.45, 2.75) is 10.8 Å². The van der Waals surface area contributed by atoms with Crippen LogP contribution in [0.15, 0.2) is 243 Å². The number of carbonyl (C=O) groups excluding carboxylic acids is 2. The summed E-state index contributed by atoms with van der Waals surface area (Å²) in [7, 11) is 0. The van der Waals surface area contributed by atoms with E-state index in [1.165, 1.54) is 12.2 Å². The summed E-state index contributed by atoms with van der Waals surface area (Å²) >= 11 is 0. The molecule has 0 saturated heterocycles. The highest BCUT2D eigenvalue weighted by atomic mass is 16.2. The van der Waals surface area contributed by atoms with Crippen LogP contribution in [-0.2, 0) is 20.4 Å². The van der Waals surface area contributed by atoms with Crippen molar-refractivity contribution in [3.05, 3.63) is 287 Å². The molecule has 0 spiro atoms. The quantitative estimate of drug-likeness (QED) is 0.0965. The minimum Gasteiger partial charge on any atom is -0.323 e. The van der Waals surface area contributed by atoms with Crippen molar-refractivity contribution < 1.29 is 9.59 Å². The van der Waals surface area contributed by atoms with Crippen LogP contribution in [0.25, 0.3) is 0 Å². The molecule has 8 aromatic carbocycles. The number of benzene rings is 8. The second-order valence-electron chi connectivity index (χ2n) is 14.2. The van der Waals surface area contributed by atoms with Crippen molar-refractivity contribution in [2.75, 3.05) is 10.6 Å². The molecule has 4 heteroatoms. The maximum absolute atomic E-state index is 13.1. The molecule has 8 aromatic rings. The van der Waals surface area contributed by atoms with Crippen molar-refractivity contribution >= 4 is 23.2 Å². The lowest BCUT2D eigenvalue weighted by atomic mass is 9.65. The summed E-state index contributed by atoms with van der Waals surface area (Å²) in [6, 6.07) is 78.8. The summed E-state index contributed by atoms with van der Waals surface area (Å²) in [4.78, 5) is 26.2. The smallest absolute Gasteiger partial charge is 0.248 e. The van der Waals surface area contributed by atoms with Crippen LogP contribution in [0, 0.1) is 0 Å². The molecule has 8 rings (SSSR count). The number of hydrogen-bond acceptors (Lipinski definition) is 2. The van der Waals surface area contributed by atoms with Crippen molar-refractivity contribution in [1.82, 2.24) is 0 Å². The molecule has 0 heterocycles. The molecule has 0 saturated carbocycles. The van der Waals surface area contributed by atoms with Gasteiger partial charge in [0, 0.05) is 23.5 Å². The van der Waals surface area contributed by atoms with Gasteiger partial charge in [0.1, 0.15) is 0 Å². The number of anilines is 2. The van der Waals surface area contributed by atoms with E-state index in [2.05, 4.69) is 180 Å². The molecule has 0 aliphatic rings. The van der Waals surface area contributed by atoms with E-state index in [1.54, 1.807) is 0 Å². The Kier molecular flexibility index (Phi) is 11.0. The third kappa shape index (κ3) is 7.39. The first kappa shape index (κ1) is 37.4. The lowest BCUT2D eigenvalue weighted by molar-refractivity contribution is -0.114. The van der Waals surface area contributed by atoms with Crippen LogP contribution in [0.4, 0.5) is 11.4 Å². The van der Waals surface area contributed by atoms with Crippen LogP contribution in [0.3, 0.4) is 0 Å². The highest BCUT2D eigenvalue weighted by Crippen LogP contribution is 2.46. The SMILES string of the molecule is O=C(/C=C/C(=O)Nc1ccc(C(c2ccccc2)(c2ccccc2)c2ccccc2)cc1)Nc1ccc(C(c2ccccc2)(c2ccccc2)c2ccccc2)cc1. The van der Waals surface area contributed by atoms with E-state index < -0.39 is 22.6 Å². The van der Waals surface area contributed by atoms with Gasteiger partial charge in [0.15, 0.2) is 0 Å². The van der Waals surface area contributed by atoms with E-state index in [0.717, 1.165) is 44.5 Å². The van der Waals surface area contributed by atoms with Crippen molar-refractivity contribution in [3.8, 4) is 0 Å². The molecule has 0 aliphatic carbocycles. The molecule has 2 amide bonds. The van der Waals surface area contributed by atoms with Gasteiger partial charge >= 0.3 is 0 Å². The summed E-state index contributed by atoms with van der Waals surface area (Å²) in [5.41, 5.74) is 8.99. The number of carbonyl (C=O) groups is 2. The molecular formula is C54H42N2O2. The summed E-state index contributed by atoms with van der Waals surface area (Å²) in [5, 5.41) is 5.85. The molecule has 0 radical (unpaired) electrons. The van der Waals surface area contributed by atoms with Crippen LogP contribution in [0.5, 0.6) is 0 Å². The monoisotopic (exact) mass is 750 g/mol. The normalized spacial score (nSPS) is 11.5. The fourth-order valence-corrected chi connectivity index (χ4v) is 8.26. The van der Waals surface area contributed by atoms with Gasteiger partial charge in [0.2, 0.25) is 11.8 Å². The van der Waals surface area contributed by atoms with Gasteiger partial charge in [0.25, 0.3) is 0 Å². The van der Waals surface area contributed by atoms with E-state index in [9.17, 15) is 9.59 Å². The molecule has 0 atom stereocenters. The van der Waals surface area contributed by atoms with Gasteiger partial charge in [-0.3, -0.25) is 9.59 Å². The number of amides is 2. The molecule has 0 unspecified atom stereocenters. The van der Waals surface area contributed by atoms with E-state index >= 15 is 0 Å². The fourth-order valence-electron chi connectivity index (χ4n) is 8.26. The third-order valence-corrected chi connectivity index (χ3v) is 10.8. The Hall–Kier alpha value is -7.56. The molecule has 2 N–H and O–H groups in total. The summed E-state index contributed by atoms with van der Waals surface area (Å²) in [6.07, 6.45) is 2.51. The fraction of sp³-hybridized carbons (Fsp3) is 0.0370. The van der Waals surface area contributed by atoms with Crippen LogP contribution >= 0.6 is 0 Å². The topological polar surface area (TPSA) is 58.2 Å². The minimum atomic E-state index is -0.589. The molecule has 58 heavy (non-hydrogen) atoms. The Morgan fingerprint density at radius 2 is 0.466 bits per heavy atom. The van der Waals surface area contributed by atoms with Gasteiger partial charge < -0.3 is 10.6 Å². The first-order chi connectivity index (χ1) is 28.6. The third-order valence-electron chi connectivity index (χ3n) is 10.8. The van der Waals surface area contributed by atoms with Crippen LogP contribution in [-0.4, -0.2) is 11.8 Å². The molecule has 0 bridgehead atoms. The lowest BCUT2D eigenvalue weighted by Crippen LogP contribution is -2.31. The summed E-state index contributed by atoms with van der Waals surface area (Å²) in [6.45, 7) is 0. The zero-order valence-electron chi connectivity index (χ0n) is 31.9. The van der Waals surface area contributed by atoms with Crippen molar-refractivity contribution in [1.29, 1.82) is 0 Å². The number of rotatable bonds is 12. The average molecular weight is 751 g/mol. The first-order valence-corrected chi connectivity index (χ1v) is 19.4. The standard InChI is InChI=1S/C54H42N2O2/c57-51(55-49-35-31-47(32-36-49)53(41-19-7-1-8-20-41,42-21-9-2-10-22-42)43-23-11-3-12-24-43)39-40-52(58)56-50-37-33-48(34-38-50)54(44-25-13-4-14-26-44,45-27-15-5-16-28-45)46-29-17-6-18-30-46/h1-40H,(H,55,57)(H,56,58)/b40-39+. The zero-order valence-corrected chi connectivity index (χ0v) is 31.9. The molecule has 0 fully saturated rings. The van der Waals surface area contributed by atoms with Gasteiger partial charge in [-0.2, -0.15) is 0 Å². The predicted molar refractivity (Wildman–Crippen MR) is 236 cm³/mol. The Balaban J connectivity index is 1.01. The van der Waals surface area contributed by atoms with Gasteiger partial charge in [-0.15, -0.1) is 0 Å². The Morgan fingerprint density at radius 1 is 0.276 bits per heavy atom. The van der Waals surface area contributed by atoms with Crippen molar-refractivity contribution in [2.24, 2.45) is 0 Å². The Bertz CT molecular complexity index is 2210. The van der Waals surface area contributed by atoms with E-state index in [-0.39, 0.29) is 0 Å². The second-order valence-corrected chi connectivity index (χ2v) is 14.2. The molecule has 0 aromatic heterocycles. The Morgan fingerprint density at radius 3 is 0.672 bits per heavy atom. The summed E-state index contributed by atoms with van der Waals surface area (Å²) in [5.74, 6) is -0.811. The molecular weight excluding hydrogens is 709 g/mol. The molecule has 280 valence electrons. The Labute approximate surface area is 340 Å². The van der Waals surface area contributed by atoms with E-state index in [1.807, 2.05) is 60.7 Å². The highest BCUT2D eigenvalue weighted by molar-refractivity contribution is 6.07. The molecule has 0 aliphatic heterocycles. The minimum absolute atomic E-state index is 0.406. The lowest BCUT2D eigenvalue weighted by Gasteiger charge is -2.37. The van der Waals surface area contributed by atoms with Gasteiger partial charge in [-0.05, 0) is 68.8 Å².